The number of nitrogens with zero attached hydrogens (tertiary/aromatic N) is 3. The normalized spacial score (nSPS) is 10.2. The van der Waals surface area contributed by atoms with Crippen LogP contribution in [0.25, 0.3) is 0 Å². The number of benzene rings is 1. The van der Waals surface area contributed by atoms with Crippen LogP contribution in [-0.2, 0) is 6.61 Å². The second kappa shape index (κ2) is 6.80. The molecule has 0 aliphatic rings. The van der Waals surface area contributed by atoms with Gasteiger partial charge in [0, 0.05) is 12.6 Å². The second-order valence-electron chi connectivity index (χ2n) is 3.97. The van der Waals surface area contributed by atoms with Crippen molar-refractivity contribution in [1.29, 1.82) is 0 Å². The molecule has 0 radical (unpaired) electrons. The highest BCUT2D eigenvalue weighted by Gasteiger charge is 2.08. The molecule has 0 atom stereocenters. The molecule has 106 valence electrons. The Bertz CT molecular complexity index is 588. The lowest BCUT2D eigenvalue weighted by molar-refractivity contribution is -0.384. The average Bonchev–Trinajstić information content (AvgIpc) is 2.91. The molecule has 0 spiro atoms. The summed E-state index contributed by atoms with van der Waals surface area (Å²) < 4.78 is 5.48. The molecule has 1 N–H and O–H groups in total. The van der Waals surface area contributed by atoms with E-state index in [1.165, 1.54) is 23.5 Å². The number of nitro benzene ring substituents is 1. The van der Waals surface area contributed by atoms with Gasteiger partial charge in [0.15, 0.2) is 5.01 Å². The van der Waals surface area contributed by atoms with Crippen LogP contribution in [0.4, 0.5) is 10.8 Å². The van der Waals surface area contributed by atoms with E-state index in [0.717, 1.165) is 23.1 Å². The van der Waals surface area contributed by atoms with E-state index >= 15 is 0 Å². The second-order valence-corrected chi connectivity index (χ2v) is 5.03. The molecule has 0 aliphatic heterocycles. The molecule has 0 unspecified atom stereocenters. The summed E-state index contributed by atoms with van der Waals surface area (Å²) >= 11 is 1.41. The van der Waals surface area contributed by atoms with Crippen molar-refractivity contribution < 1.29 is 9.66 Å². The SMILES string of the molecule is CCCNc1nnc(COc2cccc([N+](=O)[O-])c2)s1. The van der Waals surface area contributed by atoms with Gasteiger partial charge in [0.25, 0.3) is 5.69 Å². The number of rotatable bonds is 7. The van der Waals surface area contributed by atoms with Crippen LogP contribution in [0.5, 0.6) is 5.75 Å². The van der Waals surface area contributed by atoms with Gasteiger partial charge in [0.2, 0.25) is 5.13 Å². The topological polar surface area (TPSA) is 90.2 Å². The molecule has 1 heterocycles. The van der Waals surface area contributed by atoms with E-state index < -0.39 is 4.92 Å². The van der Waals surface area contributed by atoms with Gasteiger partial charge in [-0.1, -0.05) is 24.3 Å². The number of nitrogens with one attached hydrogen (secondary N) is 1. The van der Waals surface area contributed by atoms with Crippen molar-refractivity contribution in [1.82, 2.24) is 10.2 Å². The lowest BCUT2D eigenvalue weighted by Crippen LogP contribution is -1.98. The summed E-state index contributed by atoms with van der Waals surface area (Å²) in [6.07, 6.45) is 1.01. The van der Waals surface area contributed by atoms with E-state index in [1.807, 2.05) is 0 Å². The lowest BCUT2D eigenvalue weighted by Gasteiger charge is -2.02. The number of aromatic nitrogens is 2. The molecule has 0 saturated carbocycles. The van der Waals surface area contributed by atoms with Gasteiger partial charge in [-0.05, 0) is 12.5 Å². The maximum absolute atomic E-state index is 10.7. The van der Waals surface area contributed by atoms with E-state index in [1.54, 1.807) is 12.1 Å². The van der Waals surface area contributed by atoms with E-state index in [-0.39, 0.29) is 12.3 Å². The Kier molecular flexibility index (Phi) is 4.83. The van der Waals surface area contributed by atoms with Crippen molar-refractivity contribution >= 4 is 22.2 Å². The van der Waals surface area contributed by atoms with Crippen molar-refractivity contribution in [2.24, 2.45) is 0 Å². The van der Waals surface area contributed by atoms with Crippen LogP contribution >= 0.6 is 11.3 Å². The Hall–Kier alpha value is -2.22. The van der Waals surface area contributed by atoms with Crippen LogP contribution < -0.4 is 10.1 Å². The number of hydrogen-bond acceptors (Lipinski definition) is 7. The number of ether oxygens (including phenoxy) is 1. The van der Waals surface area contributed by atoms with E-state index in [4.69, 9.17) is 4.74 Å². The van der Waals surface area contributed by atoms with Crippen LogP contribution in [0, 0.1) is 10.1 Å². The van der Waals surface area contributed by atoms with Gasteiger partial charge in [-0.3, -0.25) is 10.1 Å². The zero-order chi connectivity index (χ0) is 14.4. The fourth-order valence-electron chi connectivity index (χ4n) is 1.45. The van der Waals surface area contributed by atoms with Crippen LogP contribution in [0.1, 0.15) is 18.4 Å². The highest BCUT2D eigenvalue weighted by Crippen LogP contribution is 2.21. The summed E-state index contributed by atoms with van der Waals surface area (Å²) in [6, 6.07) is 6.06. The molecule has 2 aromatic rings. The largest absolute Gasteiger partial charge is 0.486 e. The first kappa shape index (κ1) is 14.2. The molecule has 7 nitrogen and oxygen atoms in total. The van der Waals surface area contributed by atoms with Gasteiger partial charge in [-0.2, -0.15) is 0 Å². The molecule has 0 bridgehead atoms. The smallest absolute Gasteiger partial charge is 0.273 e. The Morgan fingerprint density at radius 1 is 1.45 bits per heavy atom. The zero-order valence-corrected chi connectivity index (χ0v) is 11.7. The van der Waals surface area contributed by atoms with Crippen molar-refractivity contribution in [3.8, 4) is 5.75 Å². The highest BCUT2D eigenvalue weighted by atomic mass is 32.1. The molecular weight excluding hydrogens is 280 g/mol. The third-order valence-corrected chi connectivity index (χ3v) is 3.24. The molecule has 0 amide bonds. The van der Waals surface area contributed by atoms with Gasteiger partial charge in [0.1, 0.15) is 12.4 Å². The van der Waals surface area contributed by atoms with Gasteiger partial charge in [-0.25, -0.2) is 0 Å². The first-order valence-electron chi connectivity index (χ1n) is 6.12. The Morgan fingerprint density at radius 3 is 3.05 bits per heavy atom. The monoisotopic (exact) mass is 294 g/mol. The van der Waals surface area contributed by atoms with E-state index in [2.05, 4.69) is 22.4 Å². The first-order valence-corrected chi connectivity index (χ1v) is 6.94. The van der Waals surface area contributed by atoms with Crippen LogP contribution in [0.15, 0.2) is 24.3 Å². The highest BCUT2D eigenvalue weighted by molar-refractivity contribution is 7.15. The maximum Gasteiger partial charge on any atom is 0.273 e. The predicted octanol–water partition coefficient (Wildman–Crippen LogP) is 2.85. The zero-order valence-electron chi connectivity index (χ0n) is 10.9. The standard InChI is InChI=1S/C12H14N4O3S/c1-2-6-13-12-15-14-11(20-12)8-19-10-5-3-4-9(7-10)16(17)18/h3-5,7H,2,6,8H2,1H3,(H,13,15). The molecule has 8 heteroatoms. The van der Waals surface area contributed by atoms with Crippen molar-refractivity contribution in [3.63, 3.8) is 0 Å². The number of anilines is 1. The molecule has 0 fully saturated rings. The number of nitro groups is 1. The molecule has 0 aliphatic carbocycles. The lowest BCUT2D eigenvalue weighted by atomic mass is 10.3. The fourth-order valence-corrected chi connectivity index (χ4v) is 2.13. The van der Waals surface area contributed by atoms with Crippen molar-refractivity contribution in [2.45, 2.75) is 20.0 Å². The predicted molar refractivity (Wildman–Crippen MR) is 76.1 cm³/mol. The summed E-state index contributed by atoms with van der Waals surface area (Å²) in [5, 5.41) is 23.2. The van der Waals surface area contributed by atoms with E-state index in [9.17, 15) is 10.1 Å². The third-order valence-electron chi connectivity index (χ3n) is 2.38. The Labute approximate surface area is 119 Å². The summed E-state index contributed by atoms with van der Waals surface area (Å²) in [6.45, 7) is 3.16. The average molecular weight is 294 g/mol. The Morgan fingerprint density at radius 2 is 2.30 bits per heavy atom. The van der Waals surface area contributed by atoms with Gasteiger partial charge in [0.05, 0.1) is 11.0 Å². The van der Waals surface area contributed by atoms with Crippen molar-refractivity contribution in [2.75, 3.05) is 11.9 Å². The van der Waals surface area contributed by atoms with Crippen molar-refractivity contribution in [3.05, 3.63) is 39.4 Å². The van der Waals surface area contributed by atoms with Gasteiger partial charge < -0.3 is 10.1 Å². The number of hydrogen-bond donors (Lipinski definition) is 1. The molecule has 1 aromatic heterocycles. The summed E-state index contributed by atoms with van der Waals surface area (Å²) in [5.41, 5.74) is 0.00469. The third kappa shape index (κ3) is 3.89. The van der Waals surface area contributed by atoms with E-state index in [0.29, 0.717) is 5.75 Å². The minimum absolute atomic E-state index is 0.00469. The molecule has 1 aromatic carbocycles. The number of non-ortho nitro benzene ring substituents is 1. The minimum Gasteiger partial charge on any atom is -0.486 e. The fraction of sp³-hybridized carbons (Fsp3) is 0.333. The summed E-state index contributed by atoms with van der Waals surface area (Å²) in [5.74, 6) is 0.442. The summed E-state index contributed by atoms with van der Waals surface area (Å²) in [7, 11) is 0. The summed E-state index contributed by atoms with van der Waals surface area (Å²) in [4.78, 5) is 10.2. The molecule has 20 heavy (non-hydrogen) atoms. The molecule has 0 saturated heterocycles. The minimum atomic E-state index is -0.454. The Balaban J connectivity index is 1.93. The maximum atomic E-state index is 10.7. The molecular formula is C12H14N4O3S. The first-order chi connectivity index (χ1) is 9.69. The van der Waals surface area contributed by atoms with Crippen LogP contribution in [0.3, 0.4) is 0 Å². The van der Waals surface area contributed by atoms with Crippen LogP contribution in [0.2, 0.25) is 0 Å². The van der Waals surface area contributed by atoms with Gasteiger partial charge >= 0.3 is 0 Å². The quantitative estimate of drug-likeness (QED) is 0.623. The van der Waals surface area contributed by atoms with Crippen LogP contribution in [-0.4, -0.2) is 21.7 Å². The van der Waals surface area contributed by atoms with Gasteiger partial charge in [-0.15, -0.1) is 10.2 Å². The molecule has 2 rings (SSSR count).